The van der Waals surface area contributed by atoms with Gasteiger partial charge in [-0.3, -0.25) is 0 Å². The van der Waals surface area contributed by atoms with Gasteiger partial charge in [-0.25, -0.2) is 0 Å². The van der Waals surface area contributed by atoms with E-state index in [2.05, 4.69) is 13.8 Å². The van der Waals surface area contributed by atoms with E-state index in [1.807, 2.05) is 24.3 Å². The first-order valence-electron chi connectivity index (χ1n) is 7.15. The van der Waals surface area contributed by atoms with Gasteiger partial charge < -0.3 is 20.4 Å². The Morgan fingerprint density at radius 1 is 0.818 bits per heavy atom. The van der Waals surface area contributed by atoms with Crippen LogP contribution in [-0.2, 0) is 5.41 Å². The van der Waals surface area contributed by atoms with Crippen LogP contribution < -0.4 is 0 Å². The van der Waals surface area contributed by atoms with Gasteiger partial charge in [0.1, 0.15) is 11.5 Å². The minimum Gasteiger partial charge on any atom is -0.508 e. The molecule has 0 fully saturated rings. The molecular weight excluding hydrogens is 280 g/mol. The molecule has 0 spiro atoms. The molecule has 0 bridgehead atoms. The highest BCUT2D eigenvalue weighted by Gasteiger charge is 2.22. The third kappa shape index (κ3) is 5.06. The maximum absolute atomic E-state index is 9.30. The second-order valence-corrected chi connectivity index (χ2v) is 5.75. The molecule has 0 aromatic heterocycles. The van der Waals surface area contributed by atoms with Gasteiger partial charge in [0.25, 0.3) is 0 Å². The summed E-state index contributed by atoms with van der Waals surface area (Å²) in [7, 11) is 0. The Labute approximate surface area is 131 Å². The molecule has 4 heteroatoms. The minimum atomic E-state index is -0.560. The number of rotatable bonds is 3. The molecule has 1 unspecified atom stereocenters. The SMILES string of the molecule is CC(C)(c1ccc(O)cc1)c1ccc(O)cc1.CC(O)CO. The standard InChI is InChI=1S/C15H16O2.C3H8O2/c1-15(2,11-3-7-13(16)8-4-11)12-5-9-14(17)10-6-12;1-3(5)2-4/h3-10,16-17H,1-2H3;3-5H,2H2,1H3. The zero-order chi connectivity index (χ0) is 16.8. The van der Waals surface area contributed by atoms with Gasteiger partial charge in [0.05, 0.1) is 12.7 Å². The van der Waals surface area contributed by atoms with Crippen molar-refractivity contribution in [2.24, 2.45) is 0 Å². The summed E-state index contributed by atoms with van der Waals surface area (Å²) in [6.07, 6.45) is -0.560. The summed E-state index contributed by atoms with van der Waals surface area (Å²) in [5, 5.41) is 34.6. The maximum Gasteiger partial charge on any atom is 0.115 e. The van der Waals surface area contributed by atoms with E-state index in [0.717, 1.165) is 11.1 Å². The second kappa shape index (κ2) is 7.82. The van der Waals surface area contributed by atoms with Crippen molar-refractivity contribution in [3.63, 3.8) is 0 Å². The van der Waals surface area contributed by atoms with E-state index in [0.29, 0.717) is 0 Å². The Morgan fingerprint density at radius 2 is 1.09 bits per heavy atom. The lowest BCUT2D eigenvalue weighted by Crippen LogP contribution is -2.18. The molecule has 0 aliphatic heterocycles. The zero-order valence-corrected chi connectivity index (χ0v) is 13.2. The van der Waals surface area contributed by atoms with Crippen molar-refractivity contribution in [2.45, 2.75) is 32.3 Å². The van der Waals surface area contributed by atoms with Gasteiger partial charge in [0.15, 0.2) is 0 Å². The predicted octanol–water partition coefficient (Wildman–Crippen LogP) is 2.78. The average molecular weight is 304 g/mol. The predicted molar refractivity (Wildman–Crippen MR) is 87.1 cm³/mol. The number of aliphatic hydroxyl groups excluding tert-OH is 2. The van der Waals surface area contributed by atoms with Gasteiger partial charge in [-0.1, -0.05) is 38.1 Å². The third-order valence-corrected chi connectivity index (χ3v) is 3.44. The van der Waals surface area contributed by atoms with Gasteiger partial charge in [0, 0.05) is 5.41 Å². The van der Waals surface area contributed by atoms with E-state index in [1.54, 1.807) is 24.3 Å². The van der Waals surface area contributed by atoms with Crippen molar-refractivity contribution in [1.29, 1.82) is 0 Å². The first-order valence-corrected chi connectivity index (χ1v) is 7.15. The first-order chi connectivity index (χ1) is 10.3. The first kappa shape index (κ1) is 18.0. The summed E-state index contributed by atoms with van der Waals surface area (Å²) >= 11 is 0. The largest absolute Gasteiger partial charge is 0.508 e. The summed E-state index contributed by atoms with van der Waals surface area (Å²) in [6, 6.07) is 14.4. The van der Waals surface area contributed by atoms with Crippen LogP contribution in [0.2, 0.25) is 0 Å². The topological polar surface area (TPSA) is 80.9 Å². The summed E-state index contributed by atoms with van der Waals surface area (Å²) in [6.45, 7) is 5.62. The molecule has 0 aliphatic rings. The normalized spacial score (nSPS) is 12.2. The molecule has 4 N–H and O–H groups in total. The quantitative estimate of drug-likeness (QED) is 0.703. The highest BCUT2D eigenvalue weighted by atomic mass is 16.3. The second-order valence-electron chi connectivity index (χ2n) is 5.75. The van der Waals surface area contributed by atoms with Crippen LogP contribution in [0.1, 0.15) is 31.9 Å². The van der Waals surface area contributed by atoms with E-state index < -0.39 is 6.10 Å². The Morgan fingerprint density at radius 3 is 1.32 bits per heavy atom. The molecule has 0 aliphatic carbocycles. The van der Waals surface area contributed by atoms with E-state index in [4.69, 9.17) is 10.2 Å². The molecule has 0 radical (unpaired) electrons. The maximum atomic E-state index is 9.30. The Kier molecular flexibility index (Phi) is 6.40. The smallest absolute Gasteiger partial charge is 0.115 e. The van der Waals surface area contributed by atoms with Crippen LogP contribution in [0.25, 0.3) is 0 Å². The summed E-state index contributed by atoms with van der Waals surface area (Å²) < 4.78 is 0. The molecule has 0 amide bonds. The lowest BCUT2D eigenvalue weighted by atomic mass is 9.78. The molecule has 120 valence electrons. The summed E-state index contributed by atoms with van der Waals surface area (Å²) in [5.41, 5.74) is 2.10. The number of phenols is 2. The van der Waals surface area contributed by atoms with Crippen molar-refractivity contribution in [2.75, 3.05) is 6.61 Å². The number of benzene rings is 2. The molecule has 0 saturated heterocycles. The summed E-state index contributed by atoms with van der Waals surface area (Å²) in [5.74, 6) is 0.547. The number of aromatic hydroxyl groups is 2. The fraction of sp³-hybridized carbons (Fsp3) is 0.333. The molecule has 0 saturated carbocycles. The molecule has 2 rings (SSSR count). The average Bonchev–Trinajstić information content (AvgIpc) is 2.48. The van der Waals surface area contributed by atoms with Gasteiger partial charge in [-0.15, -0.1) is 0 Å². The van der Waals surface area contributed by atoms with Crippen LogP contribution in [0.3, 0.4) is 0 Å². The molecule has 2 aromatic rings. The van der Waals surface area contributed by atoms with Gasteiger partial charge in [-0.05, 0) is 42.3 Å². The van der Waals surface area contributed by atoms with Crippen LogP contribution in [0.4, 0.5) is 0 Å². The fourth-order valence-corrected chi connectivity index (χ4v) is 1.92. The molecule has 0 heterocycles. The summed E-state index contributed by atoms with van der Waals surface area (Å²) in [4.78, 5) is 0. The van der Waals surface area contributed by atoms with Crippen molar-refractivity contribution < 1.29 is 20.4 Å². The van der Waals surface area contributed by atoms with E-state index in [9.17, 15) is 10.2 Å². The monoisotopic (exact) mass is 304 g/mol. The molecule has 22 heavy (non-hydrogen) atoms. The van der Waals surface area contributed by atoms with E-state index in [-0.39, 0.29) is 23.5 Å². The Hall–Kier alpha value is -2.04. The van der Waals surface area contributed by atoms with Crippen molar-refractivity contribution >= 4 is 0 Å². The molecule has 2 aromatic carbocycles. The lowest BCUT2D eigenvalue weighted by molar-refractivity contribution is 0.110. The van der Waals surface area contributed by atoms with E-state index >= 15 is 0 Å². The highest BCUT2D eigenvalue weighted by Crippen LogP contribution is 2.32. The zero-order valence-electron chi connectivity index (χ0n) is 13.2. The third-order valence-electron chi connectivity index (χ3n) is 3.44. The number of aliphatic hydroxyl groups is 2. The van der Waals surface area contributed by atoms with E-state index in [1.165, 1.54) is 6.92 Å². The van der Waals surface area contributed by atoms with Gasteiger partial charge in [-0.2, -0.15) is 0 Å². The number of hydrogen-bond acceptors (Lipinski definition) is 4. The highest BCUT2D eigenvalue weighted by molar-refractivity contribution is 5.41. The number of hydrogen-bond donors (Lipinski definition) is 4. The Balaban J connectivity index is 0.000000422. The minimum absolute atomic E-state index is 0.139. The Bertz CT molecular complexity index is 509. The molecule has 4 nitrogen and oxygen atoms in total. The van der Waals surface area contributed by atoms with Crippen molar-refractivity contribution in [3.05, 3.63) is 59.7 Å². The van der Waals surface area contributed by atoms with Crippen LogP contribution in [0.5, 0.6) is 11.5 Å². The van der Waals surface area contributed by atoms with Crippen LogP contribution in [-0.4, -0.2) is 33.1 Å². The van der Waals surface area contributed by atoms with Crippen LogP contribution >= 0.6 is 0 Å². The van der Waals surface area contributed by atoms with Crippen molar-refractivity contribution in [1.82, 2.24) is 0 Å². The molecular formula is C18H24O4. The van der Waals surface area contributed by atoms with Crippen LogP contribution in [0, 0.1) is 0 Å². The molecule has 1 atom stereocenters. The number of phenolic OH excluding ortho intramolecular Hbond substituents is 2. The van der Waals surface area contributed by atoms with Gasteiger partial charge >= 0.3 is 0 Å². The fourth-order valence-electron chi connectivity index (χ4n) is 1.92. The van der Waals surface area contributed by atoms with Crippen molar-refractivity contribution in [3.8, 4) is 11.5 Å². The van der Waals surface area contributed by atoms with Gasteiger partial charge in [0.2, 0.25) is 0 Å². The lowest BCUT2D eigenvalue weighted by Gasteiger charge is -2.26. The van der Waals surface area contributed by atoms with Crippen LogP contribution in [0.15, 0.2) is 48.5 Å².